The molecule has 6 nitrogen and oxygen atoms in total. The van der Waals surface area contributed by atoms with E-state index in [1.807, 2.05) is 42.5 Å². The summed E-state index contributed by atoms with van der Waals surface area (Å²) in [7, 11) is 3.23. The lowest BCUT2D eigenvalue weighted by molar-refractivity contribution is 0.0113. The van der Waals surface area contributed by atoms with E-state index in [0.29, 0.717) is 37.4 Å². The highest BCUT2D eigenvalue weighted by Gasteiger charge is 2.35. The molecule has 1 saturated heterocycles. The van der Waals surface area contributed by atoms with E-state index in [2.05, 4.69) is 14.9 Å². The molecule has 0 saturated carbocycles. The molecule has 2 heterocycles. The molecule has 1 aromatic heterocycles. The molecule has 0 unspecified atom stereocenters. The van der Waals surface area contributed by atoms with E-state index in [4.69, 9.17) is 9.47 Å². The van der Waals surface area contributed by atoms with Gasteiger partial charge in [0.25, 0.3) is 0 Å². The van der Waals surface area contributed by atoms with Crippen LogP contribution in [0.2, 0.25) is 0 Å². The SMILES string of the molecule is COc1cc(OC)cc(C2(O)CCN(c3ncnc4ccccc34)CC2)c1. The van der Waals surface area contributed by atoms with Gasteiger partial charge in [-0.15, -0.1) is 0 Å². The van der Waals surface area contributed by atoms with Gasteiger partial charge in [-0.25, -0.2) is 9.97 Å². The second kappa shape index (κ2) is 7.04. The van der Waals surface area contributed by atoms with Gasteiger partial charge in [-0.2, -0.15) is 0 Å². The Kier molecular flexibility index (Phi) is 4.58. The number of benzene rings is 2. The third kappa shape index (κ3) is 3.28. The van der Waals surface area contributed by atoms with Crippen LogP contribution in [-0.2, 0) is 5.60 Å². The Bertz CT molecular complexity index is 925. The minimum Gasteiger partial charge on any atom is -0.497 e. The largest absolute Gasteiger partial charge is 0.497 e. The topological polar surface area (TPSA) is 67.7 Å². The van der Waals surface area contributed by atoms with Crippen LogP contribution in [0, 0.1) is 0 Å². The van der Waals surface area contributed by atoms with Crippen molar-refractivity contribution in [3.8, 4) is 11.5 Å². The smallest absolute Gasteiger partial charge is 0.139 e. The summed E-state index contributed by atoms with van der Waals surface area (Å²) in [6.07, 6.45) is 2.80. The van der Waals surface area contributed by atoms with Crippen molar-refractivity contribution in [2.75, 3.05) is 32.2 Å². The fourth-order valence-corrected chi connectivity index (χ4v) is 3.70. The Labute approximate surface area is 158 Å². The van der Waals surface area contributed by atoms with E-state index in [1.54, 1.807) is 20.5 Å². The molecule has 0 atom stereocenters. The summed E-state index contributed by atoms with van der Waals surface area (Å²) in [6.45, 7) is 1.41. The standard InChI is InChI=1S/C21H23N3O3/c1-26-16-11-15(12-17(13-16)27-2)21(25)7-9-24(10-8-21)20-18-5-3-4-6-19(18)22-14-23-20/h3-6,11-14,25H,7-10H2,1-2H3. The van der Waals surface area contributed by atoms with Gasteiger partial charge in [-0.1, -0.05) is 12.1 Å². The van der Waals surface area contributed by atoms with Gasteiger partial charge in [0.05, 0.1) is 25.3 Å². The molecule has 0 spiro atoms. The number of aliphatic hydroxyl groups is 1. The normalized spacial score (nSPS) is 16.3. The van der Waals surface area contributed by atoms with E-state index < -0.39 is 5.60 Å². The van der Waals surface area contributed by atoms with Gasteiger partial charge in [0.1, 0.15) is 23.6 Å². The molecule has 140 valence electrons. The lowest BCUT2D eigenvalue weighted by atomic mass is 9.84. The number of aromatic nitrogens is 2. The zero-order valence-electron chi connectivity index (χ0n) is 15.6. The Morgan fingerprint density at radius 1 is 0.963 bits per heavy atom. The third-order valence-corrected chi connectivity index (χ3v) is 5.30. The van der Waals surface area contributed by atoms with Crippen LogP contribution in [0.5, 0.6) is 11.5 Å². The molecule has 2 aromatic carbocycles. The molecule has 6 heteroatoms. The van der Waals surface area contributed by atoms with Gasteiger partial charge >= 0.3 is 0 Å². The Morgan fingerprint density at radius 3 is 2.30 bits per heavy atom. The minimum absolute atomic E-state index is 0.599. The number of methoxy groups -OCH3 is 2. The molecule has 0 bridgehead atoms. The molecule has 0 amide bonds. The van der Waals surface area contributed by atoms with Crippen LogP contribution in [0.3, 0.4) is 0 Å². The Hall–Kier alpha value is -2.86. The molecule has 1 fully saturated rings. The summed E-state index contributed by atoms with van der Waals surface area (Å²) in [5, 5.41) is 12.3. The number of anilines is 1. The van der Waals surface area contributed by atoms with Crippen molar-refractivity contribution in [3.05, 3.63) is 54.4 Å². The van der Waals surface area contributed by atoms with E-state index in [9.17, 15) is 5.11 Å². The van der Waals surface area contributed by atoms with Crippen LogP contribution >= 0.6 is 0 Å². The summed E-state index contributed by atoms with van der Waals surface area (Å²) in [5.74, 6) is 2.29. The first-order valence-corrected chi connectivity index (χ1v) is 9.03. The number of rotatable bonds is 4. The molecule has 1 N–H and O–H groups in total. The second-order valence-corrected chi connectivity index (χ2v) is 6.83. The maximum absolute atomic E-state index is 11.3. The highest BCUT2D eigenvalue weighted by Crippen LogP contribution is 2.38. The van der Waals surface area contributed by atoms with Gasteiger partial charge < -0.3 is 19.5 Å². The second-order valence-electron chi connectivity index (χ2n) is 6.83. The van der Waals surface area contributed by atoms with E-state index >= 15 is 0 Å². The van der Waals surface area contributed by atoms with E-state index in [-0.39, 0.29) is 0 Å². The first-order chi connectivity index (χ1) is 13.1. The number of para-hydroxylation sites is 1. The van der Waals surface area contributed by atoms with Crippen LogP contribution in [-0.4, -0.2) is 42.4 Å². The lowest BCUT2D eigenvalue weighted by Crippen LogP contribution is -2.43. The third-order valence-electron chi connectivity index (χ3n) is 5.30. The Balaban J connectivity index is 1.59. The van der Waals surface area contributed by atoms with Crippen LogP contribution in [0.25, 0.3) is 10.9 Å². The fourth-order valence-electron chi connectivity index (χ4n) is 3.70. The predicted octanol–water partition coefficient (Wildman–Crippen LogP) is 3.14. The lowest BCUT2D eigenvalue weighted by Gasteiger charge is -2.39. The number of fused-ring (bicyclic) bond motifs is 1. The highest BCUT2D eigenvalue weighted by atomic mass is 16.5. The zero-order valence-corrected chi connectivity index (χ0v) is 15.6. The van der Waals surface area contributed by atoms with Crippen molar-refractivity contribution >= 4 is 16.7 Å². The monoisotopic (exact) mass is 365 g/mol. The van der Waals surface area contributed by atoms with Crippen LogP contribution in [0.4, 0.5) is 5.82 Å². The van der Waals surface area contributed by atoms with Crippen molar-refractivity contribution in [2.45, 2.75) is 18.4 Å². The molecule has 4 rings (SSSR count). The summed E-state index contributed by atoms with van der Waals surface area (Å²) in [5.41, 5.74) is 0.841. The predicted molar refractivity (Wildman–Crippen MR) is 104 cm³/mol. The molecular weight excluding hydrogens is 342 g/mol. The van der Waals surface area contributed by atoms with Crippen molar-refractivity contribution in [2.24, 2.45) is 0 Å². The first-order valence-electron chi connectivity index (χ1n) is 9.03. The molecule has 0 radical (unpaired) electrons. The highest BCUT2D eigenvalue weighted by molar-refractivity contribution is 5.89. The quantitative estimate of drug-likeness (QED) is 0.766. The maximum Gasteiger partial charge on any atom is 0.139 e. The summed E-state index contributed by atoms with van der Waals surface area (Å²) >= 11 is 0. The van der Waals surface area contributed by atoms with E-state index in [1.165, 1.54) is 0 Å². The van der Waals surface area contributed by atoms with Gasteiger partial charge in [0.15, 0.2) is 0 Å². The number of nitrogens with zero attached hydrogens (tertiary/aromatic N) is 3. The van der Waals surface area contributed by atoms with Gasteiger partial charge in [-0.3, -0.25) is 0 Å². The molecule has 27 heavy (non-hydrogen) atoms. The first kappa shape index (κ1) is 17.5. The molecule has 1 aliphatic heterocycles. The molecular formula is C21H23N3O3. The maximum atomic E-state index is 11.3. The Morgan fingerprint density at radius 2 is 1.63 bits per heavy atom. The molecule has 3 aromatic rings. The number of hydrogen-bond acceptors (Lipinski definition) is 6. The average molecular weight is 365 g/mol. The zero-order chi connectivity index (χ0) is 18.9. The van der Waals surface area contributed by atoms with Crippen LogP contribution in [0.1, 0.15) is 18.4 Å². The molecule has 0 aliphatic carbocycles. The number of hydrogen-bond donors (Lipinski definition) is 1. The van der Waals surface area contributed by atoms with Crippen molar-refractivity contribution in [1.29, 1.82) is 0 Å². The number of piperidine rings is 1. The van der Waals surface area contributed by atoms with Crippen molar-refractivity contribution in [1.82, 2.24) is 9.97 Å². The van der Waals surface area contributed by atoms with Crippen molar-refractivity contribution in [3.63, 3.8) is 0 Å². The summed E-state index contributed by atoms with van der Waals surface area (Å²) < 4.78 is 10.7. The summed E-state index contributed by atoms with van der Waals surface area (Å²) in [4.78, 5) is 11.1. The van der Waals surface area contributed by atoms with Crippen LogP contribution < -0.4 is 14.4 Å². The summed E-state index contributed by atoms with van der Waals surface area (Å²) in [6, 6.07) is 13.6. The minimum atomic E-state index is -0.916. The van der Waals surface area contributed by atoms with Crippen molar-refractivity contribution < 1.29 is 14.6 Å². The molecule has 1 aliphatic rings. The number of ether oxygens (including phenoxy) is 2. The van der Waals surface area contributed by atoms with Gasteiger partial charge in [-0.05, 0) is 42.7 Å². The van der Waals surface area contributed by atoms with E-state index in [0.717, 1.165) is 22.3 Å². The van der Waals surface area contributed by atoms with Crippen LogP contribution in [0.15, 0.2) is 48.8 Å². The fraction of sp³-hybridized carbons (Fsp3) is 0.333. The average Bonchev–Trinajstić information content (AvgIpc) is 2.73. The van der Waals surface area contributed by atoms with Gasteiger partial charge in [0, 0.05) is 24.5 Å². The van der Waals surface area contributed by atoms with Gasteiger partial charge in [0.2, 0.25) is 0 Å².